The van der Waals surface area contributed by atoms with Crippen molar-refractivity contribution in [2.75, 3.05) is 5.32 Å². The largest absolute Gasteiger partial charge is 0.495 e. The maximum Gasteiger partial charge on any atom is 0.495 e. The van der Waals surface area contributed by atoms with E-state index in [1.165, 1.54) is 0 Å². The van der Waals surface area contributed by atoms with Gasteiger partial charge in [0, 0.05) is 11.1 Å². The molecule has 2 heterocycles. The van der Waals surface area contributed by atoms with Gasteiger partial charge in [0.2, 0.25) is 0 Å². The fourth-order valence-electron chi connectivity index (χ4n) is 3.25. The van der Waals surface area contributed by atoms with E-state index < -0.39 is 0 Å². The molecular weight excluding hydrogens is 337 g/mol. The molecule has 1 saturated heterocycles. The molecule has 0 spiro atoms. The third kappa shape index (κ3) is 3.09. The molecule has 6 heteroatoms. The van der Waals surface area contributed by atoms with E-state index in [0.29, 0.717) is 0 Å². The Kier molecular flexibility index (Phi) is 4.20. The number of anilines is 2. The molecule has 138 valence electrons. The smallest absolute Gasteiger partial charge is 0.399 e. The highest BCUT2D eigenvalue weighted by Crippen LogP contribution is 2.37. The predicted molar refractivity (Wildman–Crippen MR) is 110 cm³/mol. The van der Waals surface area contributed by atoms with Crippen molar-refractivity contribution in [3.8, 4) is 0 Å². The molecule has 0 aliphatic carbocycles. The molecule has 27 heavy (non-hydrogen) atoms. The first-order valence-corrected chi connectivity index (χ1v) is 9.20. The van der Waals surface area contributed by atoms with Gasteiger partial charge < -0.3 is 14.6 Å². The summed E-state index contributed by atoms with van der Waals surface area (Å²) in [6.45, 7) is 10.3. The number of nitrogens with one attached hydrogen (secondary N) is 1. The Hall–Kier alpha value is -2.44. The minimum atomic E-state index is -0.390. The number of nitrogens with zero attached hydrogens (tertiary/aromatic N) is 2. The Morgan fingerprint density at radius 3 is 2.33 bits per heavy atom. The lowest BCUT2D eigenvalue weighted by molar-refractivity contribution is 0.00578. The first-order valence-electron chi connectivity index (χ1n) is 9.20. The van der Waals surface area contributed by atoms with Gasteiger partial charge in [0.15, 0.2) is 0 Å². The van der Waals surface area contributed by atoms with Crippen molar-refractivity contribution in [2.24, 2.45) is 0 Å². The van der Waals surface area contributed by atoms with Crippen LogP contribution in [0.5, 0.6) is 0 Å². The summed E-state index contributed by atoms with van der Waals surface area (Å²) in [5.41, 5.74) is 3.27. The fraction of sp³-hybridized carbons (Fsp3) is 0.333. The van der Waals surface area contributed by atoms with Crippen molar-refractivity contribution in [2.45, 2.75) is 45.8 Å². The molecule has 3 aromatic rings. The van der Waals surface area contributed by atoms with Gasteiger partial charge in [0.1, 0.15) is 12.1 Å². The average molecular weight is 361 g/mol. The predicted octanol–water partition coefficient (Wildman–Crippen LogP) is 3.98. The summed E-state index contributed by atoms with van der Waals surface area (Å²) in [6, 6.07) is 14.1. The monoisotopic (exact) mass is 361 g/mol. The van der Waals surface area contributed by atoms with Gasteiger partial charge in [-0.2, -0.15) is 0 Å². The van der Waals surface area contributed by atoms with Gasteiger partial charge in [-0.15, -0.1) is 0 Å². The van der Waals surface area contributed by atoms with E-state index in [9.17, 15) is 0 Å². The Morgan fingerprint density at radius 1 is 0.889 bits per heavy atom. The Balaban J connectivity index is 1.69. The summed E-state index contributed by atoms with van der Waals surface area (Å²) in [5.74, 6) is 0.787. The molecule has 4 rings (SSSR count). The summed E-state index contributed by atoms with van der Waals surface area (Å²) in [4.78, 5) is 8.76. The van der Waals surface area contributed by atoms with Crippen LogP contribution in [0.3, 0.4) is 0 Å². The summed E-state index contributed by atoms with van der Waals surface area (Å²) >= 11 is 0. The molecule has 0 saturated carbocycles. The van der Waals surface area contributed by atoms with Crippen molar-refractivity contribution < 1.29 is 9.31 Å². The Labute approximate surface area is 160 Å². The van der Waals surface area contributed by atoms with Crippen LogP contribution < -0.4 is 10.8 Å². The van der Waals surface area contributed by atoms with Gasteiger partial charge in [0.25, 0.3) is 0 Å². The quantitative estimate of drug-likeness (QED) is 0.715. The summed E-state index contributed by atoms with van der Waals surface area (Å²) in [5, 5.41) is 4.44. The number of benzene rings is 2. The van der Waals surface area contributed by atoms with E-state index in [0.717, 1.165) is 33.4 Å². The number of para-hydroxylation sites is 1. The number of hydrogen-bond acceptors (Lipinski definition) is 5. The fourth-order valence-corrected chi connectivity index (χ4v) is 3.25. The van der Waals surface area contributed by atoms with Crippen LogP contribution in [0.15, 0.2) is 48.8 Å². The molecule has 0 bridgehead atoms. The molecule has 0 amide bonds. The maximum absolute atomic E-state index is 6.23. The Bertz CT molecular complexity index is 982. The number of hydrogen-bond donors (Lipinski definition) is 1. The lowest BCUT2D eigenvalue weighted by Crippen LogP contribution is -2.41. The maximum atomic E-state index is 6.23. The lowest BCUT2D eigenvalue weighted by atomic mass is 9.76. The zero-order valence-electron chi connectivity index (χ0n) is 16.4. The second kappa shape index (κ2) is 6.32. The summed E-state index contributed by atoms with van der Waals surface area (Å²) < 4.78 is 12.5. The molecule has 1 fully saturated rings. The molecule has 1 aliphatic rings. The highest BCUT2D eigenvalue weighted by atomic mass is 16.7. The van der Waals surface area contributed by atoms with Crippen LogP contribution >= 0.6 is 0 Å². The first-order chi connectivity index (χ1) is 12.8. The van der Waals surface area contributed by atoms with Gasteiger partial charge in [-0.1, -0.05) is 24.3 Å². The lowest BCUT2D eigenvalue weighted by Gasteiger charge is -2.32. The van der Waals surface area contributed by atoms with Crippen molar-refractivity contribution in [3.05, 3.63) is 54.4 Å². The van der Waals surface area contributed by atoms with Gasteiger partial charge in [-0.05, 0) is 63.8 Å². The molecule has 0 atom stereocenters. The highest BCUT2D eigenvalue weighted by Gasteiger charge is 2.52. The molecular formula is C21H24BN3O2. The second-order valence-corrected chi connectivity index (χ2v) is 7.97. The van der Waals surface area contributed by atoms with Gasteiger partial charge in [0.05, 0.1) is 16.7 Å². The average Bonchev–Trinajstić information content (AvgIpc) is 2.84. The topological polar surface area (TPSA) is 56.3 Å². The van der Waals surface area contributed by atoms with Gasteiger partial charge in [-0.3, -0.25) is 0 Å². The molecule has 0 unspecified atom stereocenters. The molecule has 1 N–H and O–H groups in total. The van der Waals surface area contributed by atoms with Crippen LogP contribution in [0.25, 0.3) is 10.9 Å². The summed E-state index contributed by atoms with van der Waals surface area (Å²) in [6.07, 6.45) is 1.58. The standard InChI is InChI=1S/C21H24BN3O2/c1-14-16(22-26-20(2,3)21(4,5)27-22)10-8-12-17(14)25-19-15-9-6-7-11-18(15)23-13-24-19/h6-13H,1-5H3,(H,23,24,25). The van der Waals surface area contributed by atoms with Crippen LogP contribution in [0.1, 0.15) is 33.3 Å². The minimum Gasteiger partial charge on any atom is -0.399 e. The van der Waals surface area contributed by atoms with Crippen molar-refractivity contribution >= 4 is 35.0 Å². The van der Waals surface area contributed by atoms with Crippen LogP contribution in [0.2, 0.25) is 0 Å². The van der Waals surface area contributed by atoms with Gasteiger partial charge >= 0.3 is 7.12 Å². The van der Waals surface area contributed by atoms with Crippen LogP contribution in [-0.4, -0.2) is 28.3 Å². The van der Waals surface area contributed by atoms with Crippen molar-refractivity contribution in [1.29, 1.82) is 0 Å². The zero-order chi connectivity index (χ0) is 19.2. The van der Waals surface area contributed by atoms with E-state index in [-0.39, 0.29) is 18.3 Å². The third-order valence-electron chi connectivity index (χ3n) is 5.68. The van der Waals surface area contributed by atoms with Crippen LogP contribution in [-0.2, 0) is 9.31 Å². The van der Waals surface area contributed by atoms with E-state index in [2.05, 4.69) is 56.0 Å². The van der Waals surface area contributed by atoms with E-state index in [1.807, 2.05) is 36.4 Å². The molecule has 5 nitrogen and oxygen atoms in total. The van der Waals surface area contributed by atoms with Crippen LogP contribution in [0, 0.1) is 6.92 Å². The number of rotatable bonds is 3. The van der Waals surface area contributed by atoms with Crippen LogP contribution in [0.4, 0.5) is 11.5 Å². The molecule has 1 aromatic heterocycles. The minimum absolute atomic E-state index is 0.365. The van der Waals surface area contributed by atoms with E-state index in [1.54, 1.807) is 6.33 Å². The van der Waals surface area contributed by atoms with Crippen molar-refractivity contribution in [3.63, 3.8) is 0 Å². The molecule has 1 aliphatic heterocycles. The molecule has 0 radical (unpaired) electrons. The highest BCUT2D eigenvalue weighted by molar-refractivity contribution is 6.62. The van der Waals surface area contributed by atoms with Gasteiger partial charge in [-0.25, -0.2) is 9.97 Å². The Morgan fingerprint density at radius 2 is 1.59 bits per heavy atom. The first kappa shape index (κ1) is 18.0. The number of fused-ring (bicyclic) bond motifs is 1. The third-order valence-corrected chi connectivity index (χ3v) is 5.68. The zero-order valence-corrected chi connectivity index (χ0v) is 16.4. The number of aromatic nitrogens is 2. The summed E-state index contributed by atoms with van der Waals surface area (Å²) in [7, 11) is -0.390. The molecule has 2 aromatic carbocycles. The van der Waals surface area contributed by atoms with Crippen molar-refractivity contribution in [1.82, 2.24) is 9.97 Å². The second-order valence-electron chi connectivity index (χ2n) is 7.97. The SMILES string of the molecule is Cc1c(Nc2ncnc3ccccc23)cccc1B1OC(C)(C)C(C)(C)O1. The van der Waals surface area contributed by atoms with E-state index in [4.69, 9.17) is 9.31 Å². The normalized spacial score (nSPS) is 18.0. The van der Waals surface area contributed by atoms with E-state index >= 15 is 0 Å².